The van der Waals surface area contributed by atoms with Crippen LogP contribution in [-0.4, -0.2) is 30.2 Å². The van der Waals surface area contributed by atoms with E-state index < -0.39 is 6.29 Å². The van der Waals surface area contributed by atoms with Gasteiger partial charge in [0.05, 0.1) is 25.4 Å². The smallest absolute Gasteiger partial charge is 0.225 e. The van der Waals surface area contributed by atoms with Crippen LogP contribution in [0.25, 0.3) is 0 Å². The second-order valence-electron chi connectivity index (χ2n) is 6.81. The quantitative estimate of drug-likeness (QED) is 0.739. The van der Waals surface area contributed by atoms with E-state index >= 15 is 0 Å². The molecule has 4 heteroatoms. The molecule has 144 valence electrons. The Labute approximate surface area is 161 Å². The lowest BCUT2D eigenvalue weighted by Crippen LogP contribution is -2.48. The summed E-state index contributed by atoms with van der Waals surface area (Å²) >= 11 is 0. The van der Waals surface area contributed by atoms with Crippen LogP contribution in [0.1, 0.15) is 25.8 Å². The highest BCUT2D eigenvalue weighted by molar-refractivity contribution is 5.25. The summed E-state index contributed by atoms with van der Waals surface area (Å²) in [6.45, 7) is 4.67. The second kappa shape index (κ2) is 9.70. The fourth-order valence-electron chi connectivity index (χ4n) is 3.51. The summed E-state index contributed by atoms with van der Waals surface area (Å²) < 4.78 is 18.6. The second-order valence-corrected chi connectivity index (χ2v) is 6.81. The van der Waals surface area contributed by atoms with Gasteiger partial charge in [-0.1, -0.05) is 68.5 Å². The molecule has 0 aromatic heterocycles. The number of rotatable bonds is 7. The maximum Gasteiger partial charge on any atom is 0.225 e. The molecule has 1 aliphatic rings. The summed E-state index contributed by atoms with van der Waals surface area (Å²) in [5.74, 6) is 0.893. The molecule has 1 aliphatic heterocycles. The molecule has 0 spiro atoms. The van der Waals surface area contributed by atoms with E-state index in [9.17, 15) is 5.11 Å². The Bertz CT molecular complexity index is 714. The van der Waals surface area contributed by atoms with E-state index in [0.717, 1.165) is 23.3 Å². The minimum Gasteiger partial charge on any atom is -0.461 e. The molecule has 0 bridgehead atoms. The average Bonchev–Trinajstić information content (AvgIpc) is 2.71. The van der Waals surface area contributed by atoms with Crippen molar-refractivity contribution in [3.63, 3.8) is 0 Å². The average molecular weight is 368 g/mol. The molecule has 3 rings (SSSR count). The fraction of sp³-hybridized carbons (Fsp3) is 0.391. The molecule has 1 fully saturated rings. The first-order valence-electron chi connectivity index (χ1n) is 9.56. The van der Waals surface area contributed by atoms with Crippen molar-refractivity contribution in [2.45, 2.75) is 45.4 Å². The normalized spacial score (nSPS) is 26.9. The van der Waals surface area contributed by atoms with Crippen LogP contribution in [0.5, 0.6) is 5.75 Å². The van der Waals surface area contributed by atoms with Gasteiger partial charge in [0.15, 0.2) is 0 Å². The van der Waals surface area contributed by atoms with E-state index in [1.807, 2.05) is 48.5 Å². The van der Waals surface area contributed by atoms with E-state index in [4.69, 9.17) is 14.2 Å². The Balaban J connectivity index is 1.81. The van der Waals surface area contributed by atoms with Gasteiger partial charge in [-0.3, -0.25) is 0 Å². The summed E-state index contributed by atoms with van der Waals surface area (Å²) in [6, 6.07) is 19.7. The summed E-state index contributed by atoms with van der Waals surface area (Å²) in [7, 11) is 0. The van der Waals surface area contributed by atoms with E-state index in [0.29, 0.717) is 6.61 Å². The lowest BCUT2D eigenvalue weighted by atomic mass is 9.87. The van der Waals surface area contributed by atoms with Crippen LogP contribution in [0, 0.1) is 5.92 Å². The lowest BCUT2D eigenvalue weighted by molar-refractivity contribution is -0.175. The summed E-state index contributed by atoms with van der Waals surface area (Å²) in [5, 5.41) is 9.57. The highest BCUT2D eigenvalue weighted by Crippen LogP contribution is 2.35. The predicted molar refractivity (Wildman–Crippen MR) is 105 cm³/mol. The highest BCUT2D eigenvalue weighted by atomic mass is 16.7. The highest BCUT2D eigenvalue weighted by Gasteiger charge is 2.40. The number of aliphatic hydroxyl groups excluding tert-OH is 1. The number of para-hydroxylation sites is 1. The third-order valence-corrected chi connectivity index (χ3v) is 4.95. The maximum atomic E-state index is 9.57. The Kier molecular flexibility index (Phi) is 7.04. The first-order valence-corrected chi connectivity index (χ1v) is 9.56. The number of hydrogen-bond acceptors (Lipinski definition) is 4. The van der Waals surface area contributed by atoms with Crippen LogP contribution in [0.4, 0.5) is 0 Å². The van der Waals surface area contributed by atoms with Crippen molar-refractivity contribution >= 4 is 0 Å². The van der Waals surface area contributed by atoms with Crippen LogP contribution in [-0.2, 0) is 16.1 Å². The van der Waals surface area contributed by atoms with E-state index in [2.05, 4.69) is 26.0 Å². The predicted octanol–water partition coefficient (Wildman–Crippen LogP) is 4.34. The van der Waals surface area contributed by atoms with Crippen molar-refractivity contribution in [1.29, 1.82) is 0 Å². The van der Waals surface area contributed by atoms with Gasteiger partial charge >= 0.3 is 0 Å². The molecule has 2 aromatic carbocycles. The molecule has 0 saturated carbocycles. The van der Waals surface area contributed by atoms with Gasteiger partial charge in [-0.25, -0.2) is 0 Å². The Morgan fingerprint density at radius 3 is 2.33 bits per heavy atom. The molecule has 0 radical (unpaired) electrons. The van der Waals surface area contributed by atoms with Gasteiger partial charge < -0.3 is 19.3 Å². The maximum absolute atomic E-state index is 9.57. The standard InChI is InChI=1S/C23H28O4/c1-3-21-17(2)22(25-16-18-10-6-4-7-11-18)20(14-15-24)23(27-21)26-19-12-8-5-9-13-19/h4-14,17,21-24H,3,15-16H2,1-2H3/b20-14-/t17-,21+,22-,23?/m0/s1. The van der Waals surface area contributed by atoms with E-state index in [-0.39, 0.29) is 24.7 Å². The Morgan fingerprint density at radius 2 is 1.70 bits per heavy atom. The van der Waals surface area contributed by atoms with Gasteiger partial charge in [0.2, 0.25) is 6.29 Å². The van der Waals surface area contributed by atoms with Crippen molar-refractivity contribution in [3.8, 4) is 5.75 Å². The molecule has 1 N–H and O–H groups in total. The van der Waals surface area contributed by atoms with Gasteiger partial charge in [0.25, 0.3) is 0 Å². The van der Waals surface area contributed by atoms with Crippen molar-refractivity contribution < 1.29 is 19.3 Å². The monoisotopic (exact) mass is 368 g/mol. The zero-order valence-electron chi connectivity index (χ0n) is 16.0. The van der Waals surface area contributed by atoms with Crippen LogP contribution >= 0.6 is 0 Å². The zero-order chi connectivity index (χ0) is 19.1. The molecule has 0 aliphatic carbocycles. The van der Waals surface area contributed by atoms with Crippen LogP contribution in [0.3, 0.4) is 0 Å². The van der Waals surface area contributed by atoms with E-state index in [1.165, 1.54) is 0 Å². The Morgan fingerprint density at radius 1 is 1.04 bits per heavy atom. The van der Waals surface area contributed by atoms with Gasteiger partial charge in [0, 0.05) is 11.5 Å². The number of aliphatic hydroxyl groups is 1. The third-order valence-electron chi connectivity index (χ3n) is 4.95. The number of ether oxygens (including phenoxy) is 3. The minimum absolute atomic E-state index is 0.0235. The molecule has 4 atom stereocenters. The Hall–Kier alpha value is -2.14. The van der Waals surface area contributed by atoms with E-state index in [1.54, 1.807) is 6.08 Å². The van der Waals surface area contributed by atoms with Gasteiger partial charge in [-0.05, 0) is 24.1 Å². The van der Waals surface area contributed by atoms with Gasteiger partial charge in [-0.15, -0.1) is 0 Å². The van der Waals surface area contributed by atoms with Crippen molar-refractivity contribution in [3.05, 3.63) is 77.9 Å². The van der Waals surface area contributed by atoms with Crippen molar-refractivity contribution in [2.24, 2.45) is 5.92 Å². The molecule has 2 aromatic rings. The SMILES string of the molecule is CC[C@H]1OC(Oc2ccccc2)/C(=C\CO)[C@@H](OCc2ccccc2)[C@H]1C. The molecular formula is C23H28O4. The first-order chi connectivity index (χ1) is 13.2. The van der Waals surface area contributed by atoms with Crippen LogP contribution < -0.4 is 4.74 Å². The summed E-state index contributed by atoms with van der Waals surface area (Å²) in [6.07, 6.45) is 1.90. The van der Waals surface area contributed by atoms with Gasteiger partial charge in [0.1, 0.15) is 5.75 Å². The zero-order valence-corrected chi connectivity index (χ0v) is 16.0. The summed E-state index contributed by atoms with van der Waals surface area (Å²) in [5.41, 5.74) is 1.96. The molecular weight excluding hydrogens is 340 g/mol. The molecule has 4 nitrogen and oxygen atoms in total. The fourth-order valence-corrected chi connectivity index (χ4v) is 3.51. The lowest BCUT2D eigenvalue weighted by Gasteiger charge is -2.42. The largest absolute Gasteiger partial charge is 0.461 e. The third kappa shape index (κ3) is 4.98. The number of hydrogen-bond donors (Lipinski definition) is 1. The number of benzene rings is 2. The minimum atomic E-state index is -0.568. The first kappa shape index (κ1) is 19.6. The van der Waals surface area contributed by atoms with Crippen LogP contribution in [0.2, 0.25) is 0 Å². The van der Waals surface area contributed by atoms with Crippen molar-refractivity contribution in [2.75, 3.05) is 6.61 Å². The van der Waals surface area contributed by atoms with Crippen molar-refractivity contribution in [1.82, 2.24) is 0 Å². The van der Waals surface area contributed by atoms with Crippen LogP contribution in [0.15, 0.2) is 72.3 Å². The summed E-state index contributed by atoms with van der Waals surface area (Å²) in [4.78, 5) is 0. The molecule has 1 unspecified atom stereocenters. The molecule has 0 amide bonds. The topological polar surface area (TPSA) is 47.9 Å². The molecule has 1 saturated heterocycles. The molecule has 1 heterocycles. The van der Waals surface area contributed by atoms with Gasteiger partial charge in [-0.2, -0.15) is 0 Å². The molecule has 27 heavy (non-hydrogen) atoms.